The molecule has 3 heterocycles. The van der Waals surface area contributed by atoms with Crippen LogP contribution in [0.2, 0.25) is 0 Å². The Hall–Kier alpha value is -2.19. The molecule has 1 atom stereocenters. The number of anilines is 2. The Balaban J connectivity index is 1.35. The van der Waals surface area contributed by atoms with Crippen LogP contribution in [0.15, 0.2) is 23.8 Å². The first kappa shape index (κ1) is 16.3. The Morgan fingerprint density at radius 1 is 1.40 bits per heavy atom. The van der Waals surface area contributed by atoms with Gasteiger partial charge in [-0.2, -0.15) is 0 Å². The van der Waals surface area contributed by atoms with Gasteiger partial charge in [-0.1, -0.05) is 0 Å². The van der Waals surface area contributed by atoms with Gasteiger partial charge in [0.2, 0.25) is 0 Å². The van der Waals surface area contributed by atoms with Crippen molar-refractivity contribution in [3.63, 3.8) is 0 Å². The van der Waals surface area contributed by atoms with Gasteiger partial charge in [-0.15, -0.1) is 11.3 Å². The number of nitrogens with zero attached hydrogens (tertiary/aromatic N) is 3. The summed E-state index contributed by atoms with van der Waals surface area (Å²) < 4.78 is 0. The molecule has 0 aromatic carbocycles. The van der Waals surface area contributed by atoms with Gasteiger partial charge in [-0.3, -0.25) is 4.79 Å². The van der Waals surface area contributed by atoms with E-state index in [0.717, 1.165) is 37.3 Å². The number of amides is 1. The number of nitrogen functional groups attached to an aromatic ring is 1. The van der Waals surface area contributed by atoms with Crippen LogP contribution >= 0.6 is 11.3 Å². The van der Waals surface area contributed by atoms with Crippen molar-refractivity contribution in [2.45, 2.75) is 37.3 Å². The van der Waals surface area contributed by atoms with Gasteiger partial charge in [0.1, 0.15) is 17.0 Å². The van der Waals surface area contributed by atoms with E-state index in [-0.39, 0.29) is 18.1 Å². The number of carbonyl (C=O) groups is 1. The molecule has 2 aliphatic rings. The van der Waals surface area contributed by atoms with Crippen molar-refractivity contribution in [2.24, 2.45) is 0 Å². The van der Waals surface area contributed by atoms with Gasteiger partial charge < -0.3 is 21.1 Å². The zero-order valence-corrected chi connectivity index (χ0v) is 14.6. The van der Waals surface area contributed by atoms with E-state index in [4.69, 9.17) is 5.73 Å². The van der Waals surface area contributed by atoms with Crippen LogP contribution in [0.1, 0.15) is 40.5 Å². The van der Waals surface area contributed by atoms with Crippen LogP contribution in [-0.4, -0.2) is 46.2 Å². The summed E-state index contributed by atoms with van der Waals surface area (Å²) in [6.07, 6.45) is 3.84. The predicted molar refractivity (Wildman–Crippen MR) is 96.8 cm³/mol. The van der Waals surface area contributed by atoms with Gasteiger partial charge in [-0.25, -0.2) is 9.97 Å². The molecule has 0 radical (unpaired) electrons. The van der Waals surface area contributed by atoms with Crippen molar-refractivity contribution in [1.29, 1.82) is 0 Å². The fourth-order valence-corrected chi connectivity index (χ4v) is 4.16. The number of aliphatic hydroxyl groups is 1. The second kappa shape index (κ2) is 6.61. The van der Waals surface area contributed by atoms with Crippen LogP contribution in [0.25, 0.3) is 0 Å². The molecule has 1 aliphatic carbocycles. The van der Waals surface area contributed by atoms with E-state index in [1.54, 1.807) is 12.4 Å². The summed E-state index contributed by atoms with van der Waals surface area (Å²) in [5, 5.41) is 14.5. The van der Waals surface area contributed by atoms with Crippen molar-refractivity contribution < 1.29 is 9.90 Å². The summed E-state index contributed by atoms with van der Waals surface area (Å²) in [6.45, 7) is 1.45. The van der Waals surface area contributed by atoms with Crippen LogP contribution in [0.5, 0.6) is 0 Å². The van der Waals surface area contributed by atoms with Crippen LogP contribution in [-0.2, 0) is 0 Å². The number of carbonyl (C=O) groups excluding carboxylic acids is 1. The highest BCUT2D eigenvalue weighted by molar-refractivity contribution is 7.12. The zero-order chi connectivity index (χ0) is 17.4. The first-order valence-electron chi connectivity index (χ1n) is 8.49. The second-order valence-electron chi connectivity index (χ2n) is 6.73. The SMILES string of the molecule is Nc1ccsc1C(=O)NC1CC(c2cc(N3CC[C@H](O)C3)ncn2)C1. The molecule has 8 heteroatoms. The Morgan fingerprint density at radius 2 is 2.24 bits per heavy atom. The predicted octanol–water partition coefficient (Wildman–Crippen LogP) is 1.37. The van der Waals surface area contributed by atoms with Gasteiger partial charge in [0.15, 0.2) is 0 Å². The molecule has 4 rings (SSSR count). The van der Waals surface area contributed by atoms with E-state index in [1.807, 2.05) is 11.4 Å². The number of hydrogen-bond acceptors (Lipinski definition) is 7. The molecule has 2 aromatic rings. The maximum Gasteiger partial charge on any atom is 0.263 e. The number of β-amino-alcohol motifs (C(OH)–C–C–N with tert-alkyl or cyclic N) is 1. The molecule has 7 nitrogen and oxygen atoms in total. The van der Waals surface area contributed by atoms with Gasteiger partial charge in [0, 0.05) is 36.8 Å². The summed E-state index contributed by atoms with van der Waals surface area (Å²) in [5.41, 5.74) is 7.33. The number of nitrogens with one attached hydrogen (secondary N) is 1. The maximum absolute atomic E-state index is 12.2. The molecule has 1 saturated heterocycles. The fourth-order valence-electron chi connectivity index (χ4n) is 3.44. The van der Waals surface area contributed by atoms with Crippen LogP contribution in [0.3, 0.4) is 0 Å². The molecule has 0 spiro atoms. The number of nitrogens with two attached hydrogens (primary N) is 1. The Morgan fingerprint density at radius 3 is 2.92 bits per heavy atom. The van der Waals surface area contributed by atoms with E-state index >= 15 is 0 Å². The standard InChI is InChI=1S/C17H21N5O2S/c18-13-2-4-25-16(13)17(24)21-11-5-10(6-11)14-7-15(20-9-19-14)22-3-1-12(23)8-22/h2,4,7,9-12,23H,1,3,5-6,8,18H2,(H,21,24)/t10?,11?,12-/m0/s1. The largest absolute Gasteiger partial charge is 0.397 e. The summed E-state index contributed by atoms with van der Waals surface area (Å²) in [5.74, 6) is 1.12. The fraction of sp³-hybridized carbons (Fsp3) is 0.471. The Kier molecular flexibility index (Phi) is 4.30. The molecule has 0 unspecified atom stereocenters. The first-order chi connectivity index (χ1) is 12.1. The lowest BCUT2D eigenvalue weighted by atomic mass is 9.78. The third-order valence-corrected chi connectivity index (χ3v) is 5.88. The van der Waals surface area contributed by atoms with Crippen molar-refractivity contribution in [1.82, 2.24) is 15.3 Å². The van der Waals surface area contributed by atoms with Crippen molar-refractivity contribution in [3.8, 4) is 0 Å². The van der Waals surface area contributed by atoms with Crippen LogP contribution in [0.4, 0.5) is 11.5 Å². The van der Waals surface area contributed by atoms with Gasteiger partial charge in [0.25, 0.3) is 5.91 Å². The number of aliphatic hydroxyl groups excluding tert-OH is 1. The molecule has 132 valence electrons. The van der Waals surface area contributed by atoms with Crippen LogP contribution < -0.4 is 16.0 Å². The topological polar surface area (TPSA) is 104 Å². The highest BCUT2D eigenvalue weighted by Gasteiger charge is 2.33. The van der Waals surface area contributed by atoms with E-state index in [1.165, 1.54) is 11.3 Å². The van der Waals surface area contributed by atoms with E-state index in [0.29, 0.717) is 23.0 Å². The van der Waals surface area contributed by atoms with Gasteiger partial charge in [-0.05, 0) is 30.7 Å². The minimum atomic E-state index is -0.272. The average molecular weight is 359 g/mol. The van der Waals surface area contributed by atoms with Gasteiger partial charge in [0.05, 0.1) is 11.8 Å². The summed E-state index contributed by atoms with van der Waals surface area (Å²) in [4.78, 5) is 23.6. The normalized spacial score (nSPS) is 25.6. The Bertz CT molecular complexity index is 774. The highest BCUT2D eigenvalue weighted by atomic mass is 32.1. The van der Waals surface area contributed by atoms with E-state index in [9.17, 15) is 9.90 Å². The Labute approximate surface area is 149 Å². The smallest absolute Gasteiger partial charge is 0.263 e. The summed E-state index contributed by atoms with van der Waals surface area (Å²) in [6, 6.07) is 3.92. The molecule has 2 fully saturated rings. The third-order valence-electron chi connectivity index (χ3n) is 4.95. The highest BCUT2D eigenvalue weighted by Crippen LogP contribution is 2.37. The number of hydrogen-bond donors (Lipinski definition) is 3. The lowest BCUT2D eigenvalue weighted by Crippen LogP contribution is -2.43. The van der Waals surface area contributed by atoms with E-state index in [2.05, 4.69) is 20.2 Å². The molecule has 25 heavy (non-hydrogen) atoms. The number of thiophene rings is 1. The molecule has 2 aromatic heterocycles. The molecule has 0 bridgehead atoms. The van der Waals surface area contributed by atoms with E-state index < -0.39 is 0 Å². The maximum atomic E-state index is 12.2. The summed E-state index contributed by atoms with van der Waals surface area (Å²) in [7, 11) is 0. The van der Waals surface area contributed by atoms with Crippen molar-refractivity contribution >= 4 is 28.7 Å². The lowest BCUT2D eigenvalue weighted by molar-refractivity contribution is 0.0913. The van der Waals surface area contributed by atoms with Gasteiger partial charge >= 0.3 is 0 Å². The molecular weight excluding hydrogens is 338 g/mol. The molecule has 4 N–H and O–H groups in total. The first-order valence-corrected chi connectivity index (χ1v) is 9.37. The minimum Gasteiger partial charge on any atom is -0.397 e. The molecule has 1 amide bonds. The average Bonchev–Trinajstić information content (AvgIpc) is 3.19. The quantitative estimate of drug-likeness (QED) is 0.762. The number of rotatable bonds is 4. The molecule has 1 saturated carbocycles. The third kappa shape index (κ3) is 3.32. The monoisotopic (exact) mass is 359 g/mol. The molecule has 1 aliphatic heterocycles. The number of aromatic nitrogens is 2. The zero-order valence-electron chi connectivity index (χ0n) is 13.8. The lowest BCUT2D eigenvalue weighted by Gasteiger charge is -2.35. The second-order valence-corrected chi connectivity index (χ2v) is 7.65. The van der Waals surface area contributed by atoms with Crippen LogP contribution in [0, 0.1) is 0 Å². The van der Waals surface area contributed by atoms with Crippen molar-refractivity contribution in [2.75, 3.05) is 23.7 Å². The summed E-state index contributed by atoms with van der Waals surface area (Å²) >= 11 is 1.36. The minimum absolute atomic E-state index is 0.0922. The molecular formula is C17H21N5O2S. The van der Waals surface area contributed by atoms with Crippen molar-refractivity contribution in [3.05, 3.63) is 34.4 Å².